The molecule has 0 aliphatic heterocycles. The van der Waals surface area contributed by atoms with E-state index in [0.29, 0.717) is 11.6 Å². The summed E-state index contributed by atoms with van der Waals surface area (Å²) in [6.07, 6.45) is 11.7. The van der Waals surface area contributed by atoms with Gasteiger partial charge in [0, 0.05) is 41.1 Å². The molecule has 6 heteroatoms. The molecule has 3 aromatic heterocycles. The zero-order valence-electron chi connectivity index (χ0n) is 12.1. The molecule has 1 aliphatic rings. The molecular formula is C16H17N5O. The van der Waals surface area contributed by atoms with E-state index in [0.717, 1.165) is 35.0 Å². The molecular weight excluding hydrogens is 278 g/mol. The highest BCUT2D eigenvalue weighted by Gasteiger charge is 2.19. The average Bonchev–Trinajstić information content (AvgIpc) is 3.27. The lowest BCUT2D eigenvalue weighted by atomic mass is 10.1. The van der Waals surface area contributed by atoms with Crippen LogP contribution in [0, 0.1) is 0 Å². The van der Waals surface area contributed by atoms with Crippen LogP contribution in [0.5, 0.6) is 0 Å². The molecule has 0 atom stereocenters. The first-order valence-corrected chi connectivity index (χ1v) is 7.58. The Balaban J connectivity index is 1.67. The van der Waals surface area contributed by atoms with Gasteiger partial charge in [-0.2, -0.15) is 5.10 Å². The normalized spacial score (nSPS) is 15.5. The highest BCUT2D eigenvalue weighted by molar-refractivity contribution is 6.01. The molecule has 4 rings (SSSR count). The van der Waals surface area contributed by atoms with Crippen LogP contribution in [0.1, 0.15) is 36.0 Å². The van der Waals surface area contributed by atoms with E-state index in [9.17, 15) is 4.79 Å². The summed E-state index contributed by atoms with van der Waals surface area (Å²) in [5.74, 6) is -0.0411. The van der Waals surface area contributed by atoms with Gasteiger partial charge in [0.2, 0.25) is 0 Å². The summed E-state index contributed by atoms with van der Waals surface area (Å²) in [4.78, 5) is 19.9. The molecule has 1 amide bonds. The van der Waals surface area contributed by atoms with Gasteiger partial charge < -0.3 is 10.3 Å². The van der Waals surface area contributed by atoms with E-state index in [1.165, 1.54) is 12.8 Å². The Bertz CT molecular complexity index is 799. The van der Waals surface area contributed by atoms with Gasteiger partial charge in [-0.3, -0.25) is 9.89 Å². The Hall–Kier alpha value is -2.63. The van der Waals surface area contributed by atoms with Crippen molar-refractivity contribution in [3.05, 3.63) is 36.4 Å². The Morgan fingerprint density at radius 3 is 2.86 bits per heavy atom. The van der Waals surface area contributed by atoms with Crippen LogP contribution in [-0.4, -0.2) is 32.1 Å². The molecule has 0 spiro atoms. The van der Waals surface area contributed by atoms with Crippen LogP contribution in [0.2, 0.25) is 0 Å². The Labute approximate surface area is 127 Å². The molecule has 0 bridgehead atoms. The van der Waals surface area contributed by atoms with Crippen molar-refractivity contribution >= 4 is 16.9 Å². The maximum Gasteiger partial charge on any atom is 0.253 e. The minimum absolute atomic E-state index is 0.0411. The van der Waals surface area contributed by atoms with Crippen molar-refractivity contribution in [3.8, 4) is 11.1 Å². The van der Waals surface area contributed by atoms with Crippen LogP contribution < -0.4 is 5.32 Å². The lowest BCUT2D eigenvalue weighted by Crippen LogP contribution is -2.32. The topological polar surface area (TPSA) is 86.5 Å². The molecule has 0 saturated heterocycles. The zero-order valence-corrected chi connectivity index (χ0v) is 12.1. The lowest BCUT2D eigenvalue weighted by Gasteiger charge is -2.11. The van der Waals surface area contributed by atoms with Crippen molar-refractivity contribution < 1.29 is 4.79 Å². The third kappa shape index (κ3) is 2.26. The summed E-state index contributed by atoms with van der Waals surface area (Å²) >= 11 is 0. The summed E-state index contributed by atoms with van der Waals surface area (Å²) in [5, 5.41) is 10.8. The molecule has 1 aliphatic carbocycles. The highest BCUT2D eigenvalue weighted by atomic mass is 16.1. The zero-order chi connectivity index (χ0) is 14.9. The van der Waals surface area contributed by atoms with E-state index in [4.69, 9.17) is 0 Å². The summed E-state index contributed by atoms with van der Waals surface area (Å²) < 4.78 is 0. The Morgan fingerprint density at radius 2 is 2.09 bits per heavy atom. The monoisotopic (exact) mass is 295 g/mol. The van der Waals surface area contributed by atoms with Crippen molar-refractivity contribution in [2.75, 3.05) is 0 Å². The molecule has 3 heterocycles. The molecule has 3 N–H and O–H groups in total. The Kier molecular flexibility index (Phi) is 3.14. The number of aromatic nitrogens is 4. The number of fused-ring (bicyclic) bond motifs is 1. The second-order valence-electron chi connectivity index (χ2n) is 5.76. The number of rotatable bonds is 3. The number of amides is 1. The number of nitrogens with zero attached hydrogens (tertiary/aromatic N) is 2. The van der Waals surface area contributed by atoms with E-state index in [2.05, 4.69) is 25.5 Å². The minimum Gasteiger partial charge on any atom is -0.349 e. The first-order valence-electron chi connectivity index (χ1n) is 7.58. The lowest BCUT2D eigenvalue weighted by molar-refractivity contribution is 0.0937. The van der Waals surface area contributed by atoms with Gasteiger partial charge >= 0.3 is 0 Å². The van der Waals surface area contributed by atoms with Crippen LogP contribution in [0.4, 0.5) is 0 Å². The SMILES string of the molecule is O=C(NC1CCCC1)c1cnc2[nH]cc(-c3cn[nH]c3)c2c1. The first-order chi connectivity index (χ1) is 10.8. The number of hydrogen-bond acceptors (Lipinski definition) is 3. The van der Waals surface area contributed by atoms with Crippen molar-refractivity contribution in [3.63, 3.8) is 0 Å². The van der Waals surface area contributed by atoms with Gasteiger partial charge in [-0.25, -0.2) is 4.98 Å². The molecule has 1 fully saturated rings. The fourth-order valence-electron chi connectivity index (χ4n) is 3.10. The highest BCUT2D eigenvalue weighted by Crippen LogP contribution is 2.27. The molecule has 22 heavy (non-hydrogen) atoms. The fraction of sp³-hybridized carbons (Fsp3) is 0.312. The predicted octanol–water partition coefficient (Wildman–Crippen LogP) is 2.63. The van der Waals surface area contributed by atoms with Crippen LogP contribution in [0.25, 0.3) is 22.2 Å². The van der Waals surface area contributed by atoms with Gasteiger partial charge in [-0.1, -0.05) is 12.8 Å². The van der Waals surface area contributed by atoms with Crippen LogP contribution in [0.15, 0.2) is 30.9 Å². The second kappa shape index (κ2) is 5.29. The van der Waals surface area contributed by atoms with Gasteiger partial charge in [-0.05, 0) is 18.9 Å². The molecule has 112 valence electrons. The summed E-state index contributed by atoms with van der Waals surface area (Å²) in [6.45, 7) is 0. The van der Waals surface area contributed by atoms with Gasteiger partial charge in [0.05, 0.1) is 11.8 Å². The van der Waals surface area contributed by atoms with Crippen molar-refractivity contribution in [2.24, 2.45) is 0 Å². The van der Waals surface area contributed by atoms with E-state index < -0.39 is 0 Å². The standard InChI is InChI=1S/C16H17N5O/c22-16(21-12-3-1-2-4-12)10-5-13-14(11-7-19-20-8-11)9-18-15(13)17-6-10/h5-9,12H,1-4H2,(H,17,18)(H,19,20)(H,21,22). The van der Waals surface area contributed by atoms with Gasteiger partial charge in [0.1, 0.15) is 5.65 Å². The van der Waals surface area contributed by atoms with Gasteiger partial charge in [0.25, 0.3) is 5.91 Å². The second-order valence-corrected chi connectivity index (χ2v) is 5.76. The van der Waals surface area contributed by atoms with E-state index in [1.807, 2.05) is 18.5 Å². The summed E-state index contributed by atoms with van der Waals surface area (Å²) in [5.41, 5.74) is 3.34. The van der Waals surface area contributed by atoms with E-state index in [1.54, 1.807) is 12.4 Å². The minimum atomic E-state index is -0.0411. The molecule has 0 radical (unpaired) electrons. The number of carbonyl (C=O) groups is 1. The largest absolute Gasteiger partial charge is 0.349 e. The first kappa shape index (κ1) is 13.1. The number of aromatic amines is 2. The third-order valence-corrected chi connectivity index (χ3v) is 4.29. The van der Waals surface area contributed by atoms with E-state index in [-0.39, 0.29) is 5.91 Å². The van der Waals surface area contributed by atoms with Crippen LogP contribution in [0.3, 0.4) is 0 Å². The van der Waals surface area contributed by atoms with Gasteiger partial charge in [0.15, 0.2) is 0 Å². The molecule has 1 saturated carbocycles. The number of nitrogens with one attached hydrogen (secondary N) is 3. The van der Waals surface area contributed by atoms with E-state index >= 15 is 0 Å². The fourth-order valence-corrected chi connectivity index (χ4v) is 3.10. The van der Waals surface area contributed by atoms with Crippen molar-refractivity contribution in [1.29, 1.82) is 0 Å². The predicted molar refractivity (Wildman–Crippen MR) is 83.4 cm³/mol. The summed E-state index contributed by atoms with van der Waals surface area (Å²) in [6, 6.07) is 2.20. The number of carbonyl (C=O) groups excluding carboxylic acids is 1. The summed E-state index contributed by atoms with van der Waals surface area (Å²) in [7, 11) is 0. The molecule has 0 aromatic carbocycles. The maximum absolute atomic E-state index is 12.4. The molecule has 6 nitrogen and oxygen atoms in total. The molecule has 3 aromatic rings. The maximum atomic E-state index is 12.4. The van der Waals surface area contributed by atoms with Crippen molar-refractivity contribution in [1.82, 2.24) is 25.5 Å². The van der Waals surface area contributed by atoms with Crippen LogP contribution >= 0.6 is 0 Å². The van der Waals surface area contributed by atoms with Crippen LogP contribution in [-0.2, 0) is 0 Å². The van der Waals surface area contributed by atoms with Gasteiger partial charge in [-0.15, -0.1) is 0 Å². The number of hydrogen-bond donors (Lipinski definition) is 3. The Morgan fingerprint density at radius 1 is 1.23 bits per heavy atom. The average molecular weight is 295 g/mol. The number of pyridine rings is 1. The third-order valence-electron chi connectivity index (χ3n) is 4.29. The molecule has 0 unspecified atom stereocenters. The van der Waals surface area contributed by atoms with Crippen molar-refractivity contribution in [2.45, 2.75) is 31.7 Å². The smallest absolute Gasteiger partial charge is 0.253 e. The number of H-pyrrole nitrogens is 2. The quantitative estimate of drug-likeness (QED) is 0.694.